The number of amides is 3. The minimum absolute atomic E-state index is 0.0793. The molecule has 158 valence electrons. The second-order valence-electron chi connectivity index (χ2n) is 7.05. The maximum Gasteiger partial charge on any atom is 0.322 e. The minimum Gasteiger partial charge on any atom is -0.383 e. The molecule has 1 N–H and O–H groups in total. The summed E-state index contributed by atoms with van der Waals surface area (Å²) in [5, 5.41) is 2.55. The van der Waals surface area contributed by atoms with Crippen LogP contribution in [0.3, 0.4) is 0 Å². The van der Waals surface area contributed by atoms with Crippen LogP contribution in [0.5, 0.6) is 0 Å². The number of rotatable bonds is 9. The largest absolute Gasteiger partial charge is 0.383 e. The first-order valence-electron chi connectivity index (χ1n) is 9.52. The maximum absolute atomic E-state index is 13.9. The van der Waals surface area contributed by atoms with Crippen LogP contribution < -0.4 is 5.32 Å². The number of halogens is 1. The highest BCUT2D eigenvalue weighted by Crippen LogP contribution is 2.14. The molecule has 7 nitrogen and oxygen atoms in total. The normalized spacial score (nSPS) is 10.8. The molecule has 0 saturated carbocycles. The molecule has 2 rings (SSSR count). The van der Waals surface area contributed by atoms with Crippen LogP contribution in [0.4, 0.5) is 14.9 Å². The number of ether oxygens (including phenoxy) is 1. The molecule has 0 aliphatic rings. The number of nitrogens with zero attached hydrogens (tertiary/aromatic N) is 3. The molecular weight excluding hydrogens is 375 g/mol. The van der Waals surface area contributed by atoms with Crippen molar-refractivity contribution in [3.8, 4) is 0 Å². The fourth-order valence-corrected chi connectivity index (χ4v) is 2.83. The van der Waals surface area contributed by atoms with Crippen LogP contribution in [-0.2, 0) is 23.1 Å². The standard InChI is InChI=1S/C21H29FN4O3/c1-16(2)26(21(28)23-19-10-6-5-9-18(19)22)15-20(27)25(12-13-29-4)14-17-8-7-11-24(17)3/h5-11,16H,12-15H2,1-4H3,(H,23,28). The number of urea groups is 1. The SMILES string of the molecule is COCCN(Cc1cccn1C)C(=O)CN(C(=O)Nc1ccccc1F)C(C)C. The van der Waals surface area contributed by atoms with Crippen molar-refractivity contribution in [2.24, 2.45) is 7.05 Å². The van der Waals surface area contributed by atoms with E-state index in [4.69, 9.17) is 4.74 Å². The fraction of sp³-hybridized carbons (Fsp3) is 0.429. The molecule has 1 aromatic heterocycles. The summed E-state index contributed by atoms with van der Waals surface area (Å²) in [6.07, 6.45) is 1.91. The number of hydrogen-bond acceptors (Lipinski definition) is 3. The van der Waals surface area contributed by atoms with Crippen LogP contribution >= 0.6 is 0 Å². The van der Waals surface area contributed by atoms with Crippen molar-refractivity contribution in [3.63, 3.8) is 0 Å². The molecule has 0 spiro atoms. The van der Waals surface area contributed by atoms with Crippen molar-refractivity contribution in [1.82, 2.24) is 14.4 Å². The summed E-state index contributed by atoms with van der Waals surface area (Å²) in [4.78, 5) is 28.7. The van der Waals surface area contributed by atoms with Gasteiger partial charge in [-0.15, -0.1) is 0 Å². The predicted octanol–water partition coefficient (Wildman–Crippen LogP) is 3.08. The quantitative estimate of drug-likeness (QED) is 0.698. The average molecular weight is 404 g/mol. The highest BCUT2D eigenvalue weighted by Gasteiger charge is 2.24. The molecule has 0 unspecified atom stereocenters. The van der Waals surface area contributed by atoms with Crippen molar-refractivity contribution in [2.45, 2.75) is 26.4 Å². The van der Waals surface area contributed by atoms with Crippen LogP contribution in [-0.4, -0.2) is 59.2 Å². The molecule has 8 heteroatoms. The average Bonchev–Trinajstić information content (AvgIpc) is 3.08. The monoisotopic (exact) mass is 404 g/mol. The Morgan fingerprint density at radius 3 is 2.52 bits per heavy atom. The first kappa shape index (κ1) is 22.4. The Kier molecular flexibility index (Phi) is 8.21. The Bertz CT molecular complexity index is 822. The molecule has 0 aliphatic carbocycles. The zero-order valence-electron chi connectivity index (χ0n) is 17.4. The molecular formula is C21H29FN4O3. The van der Waals surface area contributed by atoms with Gasteiger partial charge in [-0.3, -0.25) is 4.79 Å². The topological polar surface area (TPSA) is 66.8 Å². The lowest BCUT2D eigenvalue weighted by Gasteiger charge is -2.30. The molecule has 2 aromatic rings. The second-order valence-corrected chi connectivity index (χ2v) is 7.05. The zero-order chi connectivity index (χ0) is 21.4. The molecule has 0 aliphatic heterocycles. The van der Waals surface area contributed by atoms with Crippen molar-refractivity contribution in [1.29, 1.82) is 0 Å². The Hall–Kier alpha value is -2.87. The first-order chi connectivity index (χ1) is 13.8. The third-order valence-electron chi connectivity index (χ3n) is 4.63. The number of anilines is 1. The van der Waals surface area contributed by atoms with Gasteiger partial charge in [-0.05, 0) is 38.1 Å². The van der Waals surface area contributed by atoms with Gasteiger partial charge in [0, 0.05) is 38.6 Å². The van der Waals surface area contributed by atoms with Crippen LogP contribution in [0, 0.1) is 5.82 Å². The van der Waals surface area contributed by atoms with Gasteiger partial charge >= 0.3 is 6.03 Å². The van der Waals surface area contributed by atoms with E-state index in [-0.39, 0.29) is 24.2 Å². The van der Waals surface area contributed by atoms with Gasteiger partial charge in [0.05, 0.1) is 18.8 Å². The van der Waals surface area contributed by atoms with Crippen LogP contribution in [0.15, 0.2) is 42.6 Å². The maximum atomic E-state index is 13.9. The predicted molar refractivity (Wildman–Crippen MR) is 110 cm³/mol. The van der Waals surface area contributed by atoms with Gasteiger partial charge in [0.25, 0.3) is 0 Å². The summed E-state index contributed by atoms with van der Waals surface area (Å²) in [5.41, 5.74) is 1.05. The van der Waals surface area contributed by atoms with E-state index in [2.05, 4.69) is 5.32 Å². The third-order valence-corrected chi connectivity index (χ3v) is 4.63. The Morgan fingerprint density at radius 1 is 1.21 bits per heavy atom. The highest BCUT2D eigenvalue weighted by atomic mass is 19.1. The summed E-state index contributed by atoms with van der Waals surface area (Å²) in [5.74, 6) is -0.734. The molecule has 0 bridgehead atoms. The molecule has 3 amide bonds. The van der Waals surface area contributed by atoms with Crippen molar-refractivity contribution >= 4 is 17.6 Å². The zero-order valence-corrected chi connectivity index (χ0v) is 17.4. The summed E-state index contributed by atoms with van der Waals surface area (Å²) >= 11 is 0. The van der Waals surface area contributed by atoms with Gasteiger partial charge in [-0.2, -0.15) is 0 Å². The molecule has 0 saturated heterocycles. The van der Waals surface area contributed by atoms with Crippen LogP contribution in [0.1, 0.15) is 19.5 Å². The third kappa shape index (κ3) is 6.32. The van der Waals surface area contributed by atoms with E-state index >= 15 is 0 Å². The van der Waals surface area contributed by atoms with Gasteiger partial charge < -0.3 is 24.4 Å². The summed E-state index contributed by atoms with van der Waals surface area (Å²) in [6, 6.07) is 9.02. The number of carbonyl (C=O) groups excluding carboxylic acids is 2. The van der Waals surface area contributed by atoms with Gasteiger partial charge in [0.1, 0.15) is 12.4 Å². The molecule has 0 radical (unpaired) electrons. The number of aromatic nitrogens is 1. The molecule has 0 atom stereocenters. The molecule has 1 aromatic carbocycles. The van der Waals surface area contributed by atoms with Crippen LogP contribution in [0.25, 0.3) is 0 Å². The summed E-state index contributed by atoms with van der Waals surface area (Å²) in [6.45, 7) is 4.70. The van der Waals surface area contributed by atoms with Crippen molar-refractivity contribution in [2.75, 3.05) is 32.1 Å². The van der Waals surface area contributed by atoms with E-state index in [1.165, 1.54) is 17.0 Å². The van der Waals surface area contributed by atoms with Crippen molar-refractivity contribution in [3.05, 3.63) is 54.1 Å². The van der Waals surface area contributed by atoms with E-state index in [0.29, 0.717) is 19.7 Å². The van der Waals surface area contributed by atoms with Gasteiger partial charge in [0.15, 0.2) is 0 Å². The van der Waals surface area contributed by atoms with E-state index in [0.717, 1.165) is 5.69 Å². The van der Waals surface area contributed by atoms with E-state index in [1.54, 1.807) is 24.1 Å². The Balaban J connectivity index is 2.11. The number of hydrogen-bond donors (Lipinski definition) is 1. The summed E-state index contributed by atoms with van der Waals surface area (Å²) in [7, 11) is 3.49. The molecule has 0 fully saturated rings. The van der Waals surface area contributed by atoms with Gasteiger partial charge in [0.2, 0.25) is 5.91 Å². The lowest BCUT2D eigenvalue weighted by atomic mass is 10.3. The number of methoxy groups -OCH3 is 1. The lowest BCUT2D eigenvalue weighted by molar-refractivity contribution is -0.133. The molecule has 29 heavy (non-hydrogen) atoms. The fourth-order valence-electron chi connectivity index (χ4n) is 2.83. The minimum atomic E-state index is -0.527. The number of carbonyl (C=O) groups is 2. The van der Waals surface area contributed by atoms with E-state index < -0.39 is 11.8 Å². The summed E-state index contributed by atoms with van der Waals surface area (Å²) < 4.78 is 20.9. The Labute approximate surface area is 171 Å². The van der Waals surface area contributed by atoms with Crippen LogP contribution in [0.2, 0.25) is 0 Å². The van der Waals surface area contributed by atoms with Crippen molar-refractivity contribution < 1.29 is 18.7 Å². The number of nitrogens with one attached hydrogen (secondary N) is 1. The Morgan fingerprint density at radius 2 is 1.93 bits per heavy atom. The van der Waals surface area contributed by atoms with Gasteiger partial charge in [-0.25, -0.2) is 9.18 Å². The number of para-hydroxylation sites is 1. The highest BCUT2D eigenvalue weighted by molar-refractivity contribution is 5.92. The number of aryl methyl sites for hydroxylation is 1. The first-order valence-corrected chi connectivity index (χ1v) is 9.52. The van der Waals surface area contributed by atoms with E-state index in [9.17, 15) is 14.0 Å². The number of benzene rings is 1. The second kappa shape index (κ2) is 10.6. The van der Waals surface area contributed by atoms with E-state index in [1.807, 2.05) is 43.8 Å². The smallest absolute Gasteiger partial charge is 0.322 e. The lowest BCUT2D eigenvalue weighted by Crippen LogP contribution is -2.48. The van der Waals surface area contributed by atoms with Gasteiger partial charge in [-0.1, -0.05) is 12.1 Å². The molecule has 1 heterocycles.